The summed E-state index contributed by atoms with van der Waals surface area (Å²) in [5.41, 5.74) is 2.90. The van der Waals surface area contributed by atoms with E-state index in [1.165, 1.54) is 0 Å². The highest BCUT2D eigenvalue weighted by Gasteiger charge is 2.23. The van der Waals surface area contributed by atoms with Gasteiger partial charge >= 0.3 is 0 Å². The number of hydrogen-bond acceptors (Lipinski definition) is 5. The SMILES string of the molecule is Cc1nn(C)c(C)c1S(=O)(=O)NCc1cncc(-c2cccs2)c1. The predicted octanol–water partition coefficient (Wildman–Crippen LogP) is 2.64. The van der Waals surface area contributed by atoms with Crippen molar-refractivity contribution < 1.29 is 8.42 Å². The Kier molecular flexibility index (Phi) is 4.53. The van der Waals surface area contributed by atoms with Crippen LogP contribution < -0.4 is 4.72 Å². The topological polar surface area (TPSA) is 76.9 Å². The minimum Gasteiger partial charge on any atom is -0.271 e. The van der Waals surface area contributed by atoms with Gasteiger partial charge in [-0.15, -0.1) is 11.3 Å². The summed E-state index contributed by atoms with van der Waals surface area (Å²) in [6.45, 7) is 3.62. The summed E-state index contributed by atoms with van der Waals surface area (Å²) in [5.74, 6) is 0. The molecule has 0 bridgehead atoms. The molecule has 0 saturated heterocycles. The Bertz CT molecular complexity index is 960. The third kappa shape index (κ3) is 3.26. The number of sulfonamides is 1. The van der Waals surface area contributed by atoms with Crippen molar-refractivity contribution in [3.05, 3.63) is 52.9 Å². The van der Waals surface area contributed by atoms with Gasteiger partial charge in [0.25, 0.3) is 0 Å². The first-order valence-corrected chi connectivity index (χ1v) is 9.72. The molecular formula is C16H18N4O2S2. The van der Waals surface area contributed by atoms with E-state index in [0.29, 0.717) is 11.4 Å². The quantitative estimate of drug-likeness (QED) is 0.757. The lowest BCUT2D eigenvalue weighted by Gasteiger charge is -2.08. The second-order valence-electron chi connectivity index (χ2n) is 5.51. The molecule has 126 valence electrons. The van der Waals surface area contributed by atoms with Gasteiger partial charge < -0.3 is 0 Å². The smallest absolute Gasteiger partial charge is 0.244 e. The molecule has 0 spiro atoms. The van der Waals surface area contributed by atoms with Gasteiger partial charge in [0, 0.05) is 36.4 Å². The van der Waals surface area contributed by atoms with Crippen molar-refractivity contribution in [1.29, 1.82) is 0 Å². The molecule has 0 aliphatic rings. The van der Waals surface area contributed by atoms with Gasteiger partial charge in [-0.3, -0.25) is 9.67 Å². The van der Waals surface area contributed by atoms with E-state index >= 15 is 0 Å². The van der Waals surface area contributed by atoms with Gasteiger partial charge in [0.05, 0.1) is 11.4 Å². The van der Waals surface area contributed by atoms with Crippen LogP contribution in [0.2, 0.25) is 0 Å². The third-order valence-electron chi connectivity index (χ3n) is 3.78. The zero-order valence-electron chi connectivity index (χ0n) is 13.6. The van der Waals surface area contributed by atoms with Gasteiger partial charge in [0.2, 0.25) is 10.0 Å². The maximum absolute atomic E-state index is 12.6. The van der Waals surface area contributed by atoms with Crippen LogP contribution >= 0.6 is 11.3 Å². The van der Waals surface area contributed by atoms with E-state index in [4.69, 9.17) is 0 Å². The molecule has 0 aliphatic heterocycles. The first kappa shape index (κ1) is 16.8. The van der Waals surface area contributed by atoms with Crippen LogP contribution in [0, 0.1) is 13.8 Å². The van der Waals surface area contributed by atoms with Crippen LogP contribution in [0.15, 0.2) is 40.9 Å². The summed E-state index contributed by atoms with van der Waals surface area (Å²) in [6, 6.07) is 5.94. The summed E-state index contributed by atoms with van der Waals surface area (Å²) in [4.78, 5) is 5.55. The molecule has 0 saturated carbocycles. The van der Waals surface area contributed by atoms with Crippen LogP contribution in [0.4, 0.5) is 0 Å². The Labute approximate surface area is 145 Å². The summed E-state index contributed by atoms with van der Waals surface area (Å²) < 4.78 is 29.4. The third-order valence-corrected chi connectivity index (χ3v) is 6.35. The van der Waals surface area contributed by atoms with Crippen LogP contribution in [0.25, 0.3) is 10.4 Å². The van der Waals surface area contributed by atoms with Crippen molar-refractivity contribution >= 4 is 21.4 Å². The Hall–Kier alpha value is -2.03. The Morgan fingerprint density at radius 2 is 2.08 bits per heavy atom. The average molecular weight is 362 g/mol. The molecule has 0 amide bonds. The van der Waals surface area contributed by atoms with Crippen molar-refractivity contribution in [2.75, 3.05) is 0 Å². The van der Waals surface area contributed by atoms with Crippen molar-refractivity contribution in [2.24, 2.45) is 7.05 Å². The zero-order chi connectivity index (χ0) is 17.3. The Morgan fingerprint density at radius 3 is 2.71 bits per heavy atom. The van der Waals surface area contributed by atoms with Gasteiger partial charge in [-0.2, -0.15) is 5.10 Å². The van der Waals surface area contributed by atoms with Crippen LogP contribution in [0.5, 0.6) is 0 Å². The zero-order valence-corrected chi connectivity index (χ0v) is 15.3. The molecule has 1 N–H and O–H groups in total. The van der Waals surface area contributed by atoms with Crippen molar-refractivity contribution in [3.8, 4) is 10.4 Å². The minimum absolute atomic E-state index is 0.183. The molecule has 3 aromatic heterocycles. The first-order valence-electron chi connectivity index (χ1n) is 7.36. The van der Waals surface area contributed by atoms with E-state index in [2.05, 4.69) is 14.8 Å². The lowest BCUT2D eigenvalue weighted by atomic mass is 10.2. The molecule has 0 radical (unpaired) electrons. The fourth-order valence-corrected chi connectivity index (χ4v) is 4.72. The van der Waals surface area contributed by atoms with Crippen LogP contribution in [0.3, 0.4) is 0 Å². The molecule has 0 unspecified atom stereocenters. The van der Waals surface area contributed by atoms with Crippen LogP contribution in [-0.2, 0) is 23.6 Å². The van der Waals surface area contributed by atoms with E-state index in [-0.39, 0.29) is 11.4 Å². The Balaban J connectivity index is 1.82. The predicted molar refractivity (Wildman–Crippen MR) is 94.3 cm³/mol. The van der Waals surface area contributed by atoms with E-state index < -0.39 is 10.0 Å². The minimum atomic E-state index is -3.62. The molecule has 3 heterocycles. The largest absolute Gasteiger partial charge is 0.271 e. The second kappa shape index (κ2) is 6.46. The highest BCUT2D eigenvalue weighted by atomic mass is 32.2. The summed E-state index contributed by atoms with van der Waals surface area (Å²) >= 11 is 1.62. The lowest BCUT2D eigenvalue weighted by Crippen LogP contribution is -2.24. The lowest BCUT2D eigenvalue weighted by molar-refractivity contribution is 0.579. The molecule has 24 heavy (non-hydrogen) atoms. The van der Waals surface area contributed by atoms with Gasteiger partial charge in [-0.05, 0) is 36.9 Å². The van der Waals surface area contributed by atoms with E-state index in [9.17, 15) is 8.42 Å². The molecule has 6 nitrogen and oxygen atoms in total. The number of aryl methyl sites for hydroxylation is 2. The van der Waals surface area contributed by atoms with Crippen LogP contribution in [-0.4, -0.2) is 23.2 Å². The number of hydrogen-bond donors (Lipinski definition) is 1. The van der Waals surface area contributed by atoms with Crippen LogP contribution in [0.1, 0.15) is 17.0 Å². The molecule has 0 aromatic carbocycles. The van der Waals surface area contributed by atoms with Gasteiger partial charge in [0.15, 0.2) is 0 Å². The molecule has 0 aliphatic carbocycles. The van der Waals surface area contributed by atoms with Crippen molar-refractivity contribution in [3.63, 3.8) is 0 Å². The summed E-state index contributed by atoms with van der Waals surface area (Å²) in [5, 5.41) is 6.16. The number of nitrogens with zero attached hydrogens (tertiary/aromatic N) is 3. The number of nitrogens with one attached hydrogen (secondary N) is 1. The molecular weight excluding hydrogens is 344 g/mol. The fourth-order valence-electron chi connectivity index (χ4n) is 2.56. The fraction of sp³-hybridized carbons (Fsp3) is 0.250. The number of aromatic nitrogens is 3. The number of thiophene rings is 1. The maximum Gasteiger partial charge on any atom is 0.244 e. The summed E-state index contributed by atoms with van der Waals surface area (Å²) in [6.07, 6.45) is 3.45. The highest BCUT2D eigenvalue weighted by molar-refractivity contribution is 7.89. The molecule has 3 rings (SSSR count). The van der Waals surface area contributed by atoms with E-state index in [1.807, 2.05) is 23.6 Å². The maximum atomic E-state index is 12.6. The molecule has 8 heteroatoms. The normalized spacial score (nSPS) is 11.8. The average Bonchev–Trinajstić information content (AvgIpc) is 3.15. The first-order chi connectivity index (χ1) is 11.4. The van der Waals surface area contributed by atoms with Crippen molar-refractivity contribution in [2.45, 2.75) is 25.3 Å². The van der Waals surface area contributed by atoms with E-state index in [1.54, 1.807) is 49.3 Å². The van der Waals surface area contributed by atoms with E-state index in [0.717, 1.165) is 16.0 Å². The molecule has 3 aromatic rings. The molecule has 0 atom stereocenters. The molecule has 0 fully saturated rings. The monoisotopic (exact) mass is 362 g/mol. The van der Waals surface area contributed by atoms with Crippen molar-refractivity contribution in [1.82, 2.24) is 19.5 Å². The van der Waals surface area contributed by atoms with Gasteiger partial charge in [-0.25, -0.2) is 13.1 Å². The summed E-state index contributed by atoms with van der Waals surface area (Å²) in [7, 11) is -1.89. The van der Waals surface area contributed by atoms with Gasteiger partial charge in [-0.1, -0.05) is 6.07 Å². The Morgan fingerprint density at radius 1 is 1.29 bits per heavy atom. The second-order valence-corrected chi connectivity index (χ2v) is 8.16. The standard InChI is InChI=1S/C16H18N4O2S2/c1-11-16(12(2)20(3)19-11)24(21,22)18-9-13-7-14(10-17-8-13)15-5-4-6-23-15/h4-8,10,18H,9H2,1-3H3. The number of rotatable bonds is 5. The van der Waals surface area contributed by atoms with Gasteiger partial charge in [0.1, 0.15) is 4.90 Å². The highest BCUT2D eigenvalue weighted by Crippen LogP contribution is 2.24. The number of pyridine rings is 1.